The summed E-state index contributed by atoms with van der Waals surface area (Å²) in [6.07, 6.45) is 2.87. The summed E-state index contributed by atoms with van der Waals surface area (Å²) < 4.78 is 5.46. The predicted octanol–water partition coefficient (Wildman–Crippen LogP) is 2.75. The van der Waals surface area contributed by atoms with Crippen LogP contribution in [-0.2, 0) is 11.2 Å². The highest BCUT2D eigenvalue weighted by Gasteiger charge is 2.30. The van der Waals surface area contributed by atoms with Crippen molar-refractivity contribution in [2.45, 2.75) is 38.3 Å². The van der Waals surface area contributed by atoms with Gasteiger partial charge in [0.2, 0.25) is 0 Å². The van der Waals surface area contributed by atoms with Gasteiger partial charge in [0.05, 0.1) is 6.10 Å². The zero-order valence-electron chi connectivity index (χ0n) is 11.7. The molecule has 110 valence electrons. The van der Waals surface area contributed by atoms with Gasteiger partial charge in [-0.15, -0.1) is 0 Å². The van der Waals surface area contributed by atoms with Gasteiger partial charge in [-0.3, -0.25) is 0 Å². The zero-order valence-corrected chi connectivity index (χ0v) is 12.5. The average molecular weight is 297 g/mol. The second-order valence-corrected chi connectivity index (χ2v) is 5.39. The second kappa shape index (κ2) is 7.50. The van der Waals surface area contributed by atoms with Crippen molar-refractivity contribution in [3.8, 4) is 0 Å². The normalized spacial score (nSPS) is 21.1. The first-order valence-corrected chi connectivity index (χ1v) is 7.46. The summed E-state index contributed by atoms with van der Waals surface area (Å²) >= 11 is 6.06. The number of halogens is 1. The maximum absolute atomic E-state index is 11.7. The van der Waals surface area contributed by atoms with E-state index < -0.39 is 0 Å². The van der Waals surface area contributed by atoms with E-state index in [2.05, 4.69) is 10.6 Å². The lowest BCUT2D eigenvalue weighted by Crippen LogP contribution is -2.51. The van der Waals surface area contributed by atoms with Crippen LogP contribution in [0.1, 0.15) is 25.3 Å². The van der Waals surface area contributed by atoms with Crippen molar-refractivity contribution in [1.29, 1.82) is 0 Å². The third-order valence-electron chi connectivity index (χ3n) is 3.47. The highest BCUT2D eigenvalue weighted by Crippen LogP contribution is 2.22. The van der Waals surface area contributed by atoms with Crippen LogP contribution in [0, 0.1) is 0 Å². The minimum absolute atomic E-state index is 0.114. The van der Waals surface area contributed by atoms with Gasteiger partial charge in [-0.1, -0.05) is 29.8 Å². The molecule has 4 nitrogen and oxygen atoms in total. The molecule has 1 aliphatic rings. The minimum Gasteiger partial charge on any atom is -0.378 e. The molecule has 0 saturated heterocycles. The van der Waals surface area contributed by atoms with Crippen LogP contribution in [0.2, 0.25) is 5.02 Å². The molecule has 5 heteroatoms. The molecule has 1 saturated carbocycles. The molecule has 0 heterocycles. The molecule has 1 aliphatic carbocycles. The number of benzene rings is 1. The third kappa shape index (κ3) is 4.39. The first-order chi connectivity index (χ1) is 9.69. The van der Waals surface area contributed by atoms with Gasteiger partial charge in [0, 0.05) is 24.2 Å². The Labute approximate surface area is 124 Å². The number of amides is 2. The summed E-state index contributed by atoms with van der Waals surface area (Å²) in [6, 6.07) is 7.81. The molecule has 0 radical (unpaired) electrons. The molecular weight excluding hydrogens is 276 g/mol. The van der Waals surface area contributed by atoms with Gasteiger partial charge in [-0.25, -0.2) is 4.79 Å². The van der Waals surface area contributed by atoms with Crippen LogP contribution in [0.5, 0.6) is 0 Å². The Hall–Kier alpha value is -1.26. The van der Waals surface area contributed by atoms with Crippen molar-refractivity contribution in [2.75, 3.05) is 13.2 Å². The van der Waals surface area contributed by atoms with Crippen molar-refractivity contribution in [2.24, 2.45) is 0 Å². The molecule has 1 aromatic rings. The van der Waals surface area contributed by atoms with Crippen molar-refractivity contribution in [1.82, 2.24) is 10.6 Å². The van der Waals surface area contributed by atoms with Gasteiger partial charge in [0.25, 0.3) is 0 Å². The van der Waals surface area contributed by atoms with E-state index in [1.165, 1.54) is 0 Å². The van der Waals surface area contributed by atoms with Crippen LogP contribution >= 0.6 is 11.6 Å². The number of carbonyl (C=O) groups is 1. The largest absolute Gasteiger partial charge is 0.378 e. The van der Waals surface area contributed by atoms with E-state index in [-0.39, 0.29) is 12.1 Å². The summed E-state index contributed by atoms with van der Waals surface area (Å²) in [7, 11) is 0. The molecule has 0 aliphatic heterocycles. The van der Waals surface area contributed by atoms with Crippen molar-refractivity contribution >= 4 is 17.6 Å². The average Bonchev–Trinajstić information content (AvgIpc) is 2.39. The fraction of sp³-hybridized carbons (Fsp3) is 0.533. The molecule has 0 bridgehead atoms. The Kier molecular flexibility index (Phi) is 5.68. The van der Waals surface area contributed by atoms with Crippen LogP contribution in [-0.4, -0.2) is 31.3 Å². The lowest BCUT2D eigenvalue weighted by Gasteiger charge is -2.35. The molecule has 0 spiro atoms. The SMILES string of the molecule is CCOC1CC(NC(=O)NCCc2ccccc2Cl)C1. The molecule has 2 amide bonds. The van der Waals surface area contributed by atoms with Gasteiger partial charge in [0.15, 0.2) is 0 Å². The van der Waals surface area contributed by atoms with E-state index in [1.54, 1.807) is 0 Å². The molecule has 2 rings (SSSR count). The molecule has 0 aromatic heterocycles. The van der Waals surface area contributed by atoms with Crippen LogP contribution in [0.4, 0.5) is 4.79 Å². The van der Waals surface area contributed by atoms with Crippen LogP contribution in [0.15, 0.2) is 24.3 Å². The molecule has 2 N–H and O–H groups in total. The lowest BCUT2D eigenvalue weighted by atomic mass is 9.89. The smallest absolute Gasteiger partial charge is 0.315 e. The van der Waals surface area contributed by atoms with E-state index in [0.29, 0.717) is 12.6 Å². The van der Waals surface area contributed by atoms with Crippen molar-refractivity contribution in [3.05, 3.63) is 34.9 Å². The Bertz CT molecular complexity index is 447. The molecule has 1 aromatic carbocycles. The van der Waals surface area contributed by atoms with Gasteiger partial charge < -0.3 is 15.4 Å². The van der Waals surface area contributed by atoms with E-state index >= 15 is 0 Å². The van der Waals surface area contributed by atoms with Gasteiger partial charge in [-0.2, -0.15) is 0 Å². The predicted molar refractivity (Wildman–Crippen MR) is 80.1 cm³/mol. The Morgan fingerprint density at radius 3 is 2.85 bits per heavy atom. The van der Waals surface area contributed by atoms with Crippen LogP contribution in [0.25, 0.3) is 0 Å². The fourth-order valence-electron chi connectivity index (χ4n) is 2.30. The first kappa shape index (κ1) is 15.1. The molecule has 0 unspecified atom stereocenters. The highest BCUT2D eigenvalue weighted by molar-refractivity contribution is 6.31. The highest BCUT2D eigenvalue weighted by atomic mass is 35.5. The maximum Gasteiger partial charge on any atom is 0.315 e. The van der Waals surface area contributed by atoms with E-state index in [1.807, 2.05) is 31.2 Å². The van der Waals surface area contributed by atoms with E-state index in [4.69, 9.17) is 16.3 Å². The van der Waals surface area contributed by atoms with Crippen molar-refractivity contribution in [3.63, 3.8) is 0 Å². The first-order valence-electron chi connectivity index (χ1n) is 7.08. The van der Waals surface area contributed by atoms with Gasteiger partial charge >= 0.3 is 6.03 Å². The maximum atomic E-state index is 11.7. The quantitative estimate of drug-likeness (QED) is 0.848. The van der Waals surface area contributed by atoms with Crippen molar-refractivity contribution < 1.29 is 9.53 Å². The van der Waals surface area contributed by atoms with Crippen LogP contribution in [0.3, 0.4) is 0 Å². The van der Waals surface area contributed by atoms with Gasteiger partial charge in [-0.05, 0) is 37.8 Å². The van der Waals surface area contributed by atoms with E-state index in [0.717, 1.165) is 36.5 Å². The summed E-state index contributed by atoms with van der Waals surface area (Å²) in [5.74, 6) is 0. The molecule has 1 fully saturated rings. The monoisotopic (exact) mass is 296 g/mol. The molecule has 20 heavy (non-hydrogen) atoms. The van der Waals surface area contributed by atoms with E-state index in [9.17, 15) is 4.79 Å². The fourth-order valence-corrected chi connectivity index (χ4v) is 2.53. The number of rotatable bonds is 6. The van der Waals surface area contributed by atoms with Crippen LogP contribution < -0.4 is 10.6 Å². The number of ether oxygens (including phenoxy) is 1. The third-order valence-corrected chi connectivity index (χ3v) is 3.84. The summed E-state index contributed by atoms with van der Waals surface area (Å²) in [4.78, 5) is 11.7. The minimum atomic E-state index is -0.114. The molecular formula is C15H21ClN2O2. The standard InChI is InChI=1S/C15H21ClN2O2/c1-2-20-13-9-12(10-13)18-15(19)17-8-7-11-5-3-4-6-14(11)16/h3-6,12-13H,2,7-10H2,1H3,(H2,17,18,19). The Morgan fingerprint density at radius 1 is 1.40 bits per heavy atom. The number of hydrogen-bond acceptors (Lipinski definition) is 2. The van der Waals surface area contributed by atoms with Gasteiger partial charge in [0.1, 0.15) is 0 Å². The Balaban J connectivity index is 1.61. The summed E-state index contributed by atoms with van der Waals surface area (Å²) in [5.41, 5.74) is 1.05. The lowest BCUT2D eigenvalue weighted by molar-refractivity contribution is -0.00707. The second-order valence-electron chi connectivity index (χ2n) is 4.99. The number of hydrogen-bond donors (Lipinski definition) is 2. The Morgan fingerprint density at radius 2 is 2.15 bits per heavy atom. The topological polar surface area (TPSA) is 50.4 Å². The summed E-state index contributed by atoms with van der Waals surface area (Å²) in [6.45, 7) is 3.31. The summed E-state index contributed by atoms with van der Waals surface area (Å²) in [5, 5.41) is 6.54. The number of nitrogens with one attached hydrogen (secondary N) is 2. The number of carbonyl (C=O) groups excluding carboxylic acids is 1. The number of urea groups is 1. The zero-order chi connectivity index (χ0) is 14.4. The molecule has 0 atom stereocenters.